The average molecular weight is 401 g/mol. The summed E-state index contributed by atoms with van der Waals surface area (Å²) in [6.45, 7) is 3.01. The highest BCUT2D eigenvalue weighted by atomic mass is 35.5. The Labute approximate surface area is 170 Å². The van der Waals surface area contributed by atoms with E-state index in [1.54, 1.807) is 11.0 Å². The molecule has 0 saturated carbocycles. The minimum absolute atomic E-state index is 0.00198. The van der Waals surface area contributed by atoms with Gasteiger partial charge in [0.25, 0.3) is 0 Å². The van der Waals surface area contributed by atoms with E-state index in [4.69, 9.17) is 16.3 Å². The topological polar surface area (TPSA) is 58.6 Å². The molecule has 0 spiro atoms. The Bertz CT molecular complexity index is 826. The van der Waals surface area contributed by atoms with Gasteiger partial charge in [-0.3, -0.25) is 9.59 Å². The Morgan fingerprint density at radius 3 is 2.75 bits per heavy atom. The van der Waals surface area contributed by atoms with Crippen molar-refractivity contribution in [2.24, 2.45) is 0 Å². The van der Waals surface area contributed by atoms with Gasteiger partial charge in [-0.2, -0.15) is 0 Å². The molecule has 1 heterocycles. The Hall–Kier alpha value is -2.53. The highest BCUT2D eigenvalue weighted by molar-refractivity contribution is 6.30. The van der Waals surface area contributed by atoms with E-state index in [1.807, 2.05) is 49.4 Å². The first-order valence-corrected chi connectivity index (χ1v) is 9.97. The van der Waals surface area contributed by atoms with Gasteiger partial charge in [0.2, 0.25) is 11.8 Å². The van der Waals surface area contributed by atoms with Crippen molar-refractivity contribution in [2.75, 3.05) is 18.5 Å². The maximum absolute atomic E-state index is 12.6. The smallest absolute Gasteiger partial charge is 0.247 e. The van der Waals surface area contributed by atoms with E-state index in [2.05, 4.69) is 5.32 Å². The lowest BCUT2D eigenvalue weighted by atomic mass is 10.2. The van der Waals surface area contributed by atoms with Crippen LogP contribution in [0.4, 0.5) is 5.69 Å². The van der Waals surface area contributed by atoms with Crippen LogP contribution in [0.2, 0.25) is 5.02 Å². The maximum Gasteiger partial charge on any atom is 0.247 e. The predicted octanol–water partition coefficient (Wildman–Crippen LogP) is 4.44. The summed E-state index contributed by atoms with van der Waals surface area (Å²) in [5, 5.41) is 3.57. The minimum Gasteiger partial charge on any atom is -0.493 e. The molecule has 0 aromatic heterocycles. The number of amides is 2. The van der Waals surface area contributed by atoms with Gasteiger partial charge in [0.05, 0.1) is 6.61 Å². The molecule has 148 valence electrons. The molecule has 0 radical (unpaired) electrons. The number of nitrogens with zero attached hydrogens (tertiary/aromatic N) is 1. The van der Waals surface area contributed by atoms with E-state index in [0.29, 0.717) is 37.4 Å². The lowest BCUT2D eigenvalue weighted by molar-refractivity contribution is -0.136. The Morgan fingerprint density at radius 2 is 2.00 bits per heavy atom. The summed E-state index contributed by atoms with van der Waals surface area (Å²) in [5.41, 5.74) is 1.72. The lowest BCUT2D eigenvalue weighted by Gasteiger charge is -2.24. The Kier molecular flexibility index (Phi) is 6.93. The monoisotopic (exact) mass is 400 g/mol. The fourth-order valence-electron chi connectivity index (χ4n) is 3.41. The summed E-state index contributed by atoms with van der Waals surface area (Å²) in [6.07, 6.45) is 2.51. The zero-order valence-corrected chi connectivity index (χ0v) is 16.7. The van der Waals surface area contributed by atoms with Crippen LogP contribution in [0.5, 0.6) is 5.75 Å². The molecule has 0 bridgehead atoms. The number of halogens is 1. The number of hydrogen-bond acceptors (Lipinski definition) is 3. The van der Waals surface area contributed by atoms with Crippen molar-refractivity contribution in [3.63, 3.8) is 0 Å². The second kappa shape index (κ2) is 9.60. The molecule has 3 rings (SSSR count). The summed E-state index contributed by atoms with van der Waals surface area (Å²) >= 11 is 5.94. The van der Waals surface area contributed by atoms with Gasteiger partial charge in [-0.15, -0.1) is 0 Å². The van der Waals surface area contributed by atoms with E-state index in [9.17, 15) is 9.59 Å². The number of ether oxygens (including phenoxy) is 1. The van der Waals surface area contributed by atoms with Crippen LogP contribution >= 0.6 is 11.6 Å². The molecule has 2 aromatic rings. The van der Waals surface area contributed by atoms with Crippen molar-refractivity contribution in [2.45, 2.75) is 38.6 Å². The Morgan fingerprint density at radius 1 is 1.21 bits per heavy atom. The number of likely N-dealkylation sites (tertiary alicyclic amines) is 1. The minimum atomic E-state index is -0.396. The van der Waals surface area contributed by atoms with Crippen LogP contribution in [-0.4, -0.2) is 35.9 Å². The number of hydrogen-bond donors (Lipinski definition) is 1. The van der Waals surface area contributed by atoms with Gasteiger partial charge >= 0.3 is 0 Å². The zero-order chi connectivity index (χ0) is 19.9. The van der Waals surface area contributed by atoms with E-state index >= 15 is 0 Å². The van der Waals surface area contributed by atoms with Gasteiger partial charge in [-0.25, -0.2) is 0 Å². The number of carbonyl (C=O) groups is 2. The first kappa shape index (κ1) is 20.2. The predicted molar refractivity (Wildman–Crippen MR) is 111 cm³/mol. The molecule has 6 heteroatoms. The number of para-hydroxylation sites is 1. The molecule has 5 nitrogen and oxygen atoms in total. The third-order valence-electron chi connectivity index (χ3n) is 4.85. The van der Waals surface area contributed by atoms with Crippen molar-refractivity contribution in [3.8, 4) is 5.75 Å². The summed E-state index contributed by atoms with van der Waals surface area (Å²) in [5.74, 6) is 0.658. The molecular weight excluding hydrogens is 376 g/mol. The van der Waals surface area contributed by atoms with Crippen LogP contribution in [-0.2, 0) is 9.59 Å². The first-order valence-electron chi connectivity index (χ1n) is 9.59. The molecular formula is C22H25ClN2O3. The third-order valence-corrected chi connectivity index (χ3v) is 5.08. The average Bonchev–Trinajstić information content (AvgIpc) is 3.17. The van der Waals surface area contributed by atoms with Crippen LogP contribution < -0.4 is 10.1 Å². The number of aryl methyl sites for hydroxylation is 1. The highest BCUT2D eigenvalue weighted by Gasteiger charge is 2.33. The fraction of sp³-hybridized carbons (Fsp3) is 0.364. The third kappa shape index (κ3) is 5.26. The summed E-state index contributed by atoms with van der Waals surface area (Å²) < 4.78 is 5.75. The van der Waals surface area contributed by atoms with Gasteiger partial charge in [0.1, 0.15) is 11.8 Å². The fourth-order valence-corrected chi connectivity index (χ4v) is 3.64. The van der Waals surface area contributed by atoms with E-state index in [0.717, 1.165) is 23.4 Å². The van der Waals surface area contributed by atoms with E-state index < -0.39 is 6.04 Å². The summed E-state index contributed by atoms with van der Waals surface area (Å²) in [7, 11) is 0. The van der Waals surface area contributed by atoms with Gasteiger partial charge in [0.15, 0.2) is 0 Å². The van der Waals surface area contributed by atoms with Crippen molar-refractivity contribution in [3.05, 3.63) is 59.1 Å². The van der Waals surface area contributed by atoms with Crippen LogP contribution in [0.3, 0.4) is 0 Å². The lowest BCUT2D eigenvalue weighted by Crippen LogP contribution is -2.43. The molecule has 0 unspecified atom stereocenters. The number of rotatable bonds is 7. The molecule has 2 amide bonds. The van der Waals surface area contributed by atoms with Crippen LogP contribution in [0.1, 0.15) is 31.2 Å². The molecule has 1 N–H and O–H groups in total. The summed E-state index contributed by atoms with van der Waals surface area (Å²) in [4.78, 5) is 26.9. The SMILES string of the molecule is Cc1cc(Cl)ccc1OCCCC(=O)N1CCC[C@H]1C(=O)Nc1ccccc1. The van der Waals surface area contributed by atoms with Crippen LogP contribution in [0.25, 0.3) is 0 Å². The molecule has 1 aliphatic rings. The Balaban J connectivity index is 1.47. The van der Waals surface area contributed by atoms with Crippen LogP contribution in [0, 0.1) is 6.92 Å². The maximum atomic E-state index is 12.6. The van der Waals surface area contributed by atoms with E-state index in [1.165, 1.54) is 0 Å². The molecule has 1 atom stereocenters. The second-order valence-corrected chi connectivity index (χ2v) is 7.40. The standard InChI is InChI=1S/C22H25ClN2O3/c1-16-15-17(23)11-12-20(16)28-14-6-10-21(26)25-13-5-9-19(25)22(27)24-18-7-3-2-4-8-18/h2-4,7-8,11-12,15,19H,5-6,9-10,13-14H2,1H3,(H,24,27)/t19-/m0/s1. The quantitative estimate of drug-likeness (QED) is 0.699. The zero-order valence-electron chi connectivity index (χ0n) is 16.0. The van der Waals surface area contributed by atoms with Crippen molar-refractivity contribution in [1.82, 2.24) is 4.90 Å². The molecule has 2 aromatic carbocycles. The van der Waals surface area contributed by atoms with Gasteiger partial charge in [-0.1, -0.05) is 29.8 Å². The molecule has 0 aliphatic carbocycles. The van der Waals surface area contributed by atoms with Gasteiger partial charge < -0.3 is 15.0 Å². The largest absolute Gasteiger partial charge is 0.493 e. The number of nitrogens with one attached hydrogen (secondary N) is 1. The molecule has 1 saturated heterocycles. The van der Waals surface area contributed by atoms with Crippen molar-refractivity contribution < 1.29 is 14.3 Å². The second-order valence-electron chi connectivity index (χ2n) is 6.96. The number of carbonyl (C=O) groups excluding carboxylic acids is 2. The molecule has 1 aliphatic heterocycles. The van der Waals surface area contributed by atoms with E-state index in [-0.39, 0.29) is 11.8 Å². The van der Waals surface area contributed by atoms with Crippen molar-refractivity contribution >= 4 is 29.1 Å². The first-order chi connectivity index (χ1) is 13.5. The van der Waals surface area contributed by atoms with Crippen LogP contribution in [0.15, 0.2) is 48.5 Å². The normalized spacial score (nSPS) is 16.1. The molecule has 1 fully saturated rings. The van der Waals surface area contributed by atoms with Gasteiger partial charge in [0, 0.05) is 23.7 Å². The number of anilines is 1. The summed E-state index contributed by atoms with van der Waals surface area (Å²) in [6, 6.07) is 14.4. The number of benzene rings is 2. The highest BCUT2D eigenvalue weighted by Crippen LogP contribution is 2.23. The van der Waals surface area contributed by atoms with Gasteiger partial charge in [-0.05, 0) is 62.1 Å². The van der Waals surface area contributed by atoms with Crippen molar-refractivity contribution in [1.29, 1.82) is 0 Å². The molecule has 28 heavy (non-hydrogen) atoms.